The Morgan fingerprint density at radius 2 is 1.91 bits per heavy atom. The minimum atomic E-state index is -0.376. The molecule has 1 atom stereocenters. The highest BCUT2D eigenvalue weighted by Gasteiger charge is 2.18. The number of fused-ring (bicyclic) bond motifs is 1. The van der Waals surface area contributed by atoms with E-state index >= 15 is 0 Å². The molecule has 0 amide bonds. The predicted octanol–water partition coefficient (Wildman–Crippen LogP) is 2.91. The summed E-state index contributed by atoms with van der Waals surface area (Å²) in [5.74, 6) is 0.394. The van der Waals surface area contributed by atoms with Crippen LogP contribution in [0.15, 0.2) is 42.5 Å². The normalized spacial score (nSPS) is 12.1. The van der Waals surface area contributed by atoms with E-state index in [0.29, 0.717) is 24.3 Å². The van der Waals surface area contributed by atoms with Crippen LogP contribution in [0.4, 0.5) is 0 Å². The summed E-state index contributed by atoms with van der Waals surface area (Å²) in [4.78, 5) is 23.9. The molecule has 4 nitrogen and oxygen atoms in total. The molecule has 0 aliphatic heterocycles. The first kappa shape index (κ1) is 17.5. The molecule has 0 radical (unpaired) electrons. The fourth-order valence-electron chi connectivity index (χ4n) is 2.39. The lowest BCUT2D eigenvalue weighted by Crippen LogP contribution is -2.40. The summed E-state index contributed by atoms with van der Waals surface area (Å²) in [6.07, 6.45) is 2.28. The van der Waals surface area contributed by atoms with E-state index in [2.05, 4.69) is 5.32 Å². The van der Waals surface area contributed by atoms with Gasteiger partial charge in [-0.2, -0.15) is 11.8 Å². The highest BCUT2D eigenvalue weighted by molar-refractivity contribution is 7.98. The lowest BCUT2D eigenvalue weighted by atomic mass is 10.0. The van der Waals surface area contributed by atoms with Gasteiger partial charge in [-0.15, -0.1) is 0 Å². The molecule has 2 aromatic rings. The van der Waals surface area contributed by atoms with Crippen molar-refractivity contribution >= 4 is 34.3 Å². The van der Waals surface area contributed by atoms with E-state index < -0.39 is 0 Å². The molecule has 0 saturated heterocycles. The molecule has 0 spiro atoms. The number of Topliss-reactive ketones (excluding diaryl/α,β-unsaturated/α-hetero) is 1. The molecular formula is C18H21NO3S. The number of carbonyl (C=O) groups excluding carboxylic acids is 2. The SMILES string of the molecule is COC(=O)C(CSC)NCCC(=O)c1ccc2ccccc2c1. The second-order valence-electron chi connectivity index (χ2n) is 5.22. The Hall–Kier alpha value is -1.85. The summed E-state index contributed by atoms with van der Waals surface area (Å²) < 4.78 is 4.76. The number of ketones is 1. The van der Waals surface area contributed by atoms with Crippen molar-refractivity contribution in [1.29, 1.82) is 0 Å². The van der Waals surface area contributed by atoms with Gasteiger partial charge in [0.2, 0.25) is 0 Å². The van der Waals surface area contributed by atoms with Crippen molar-refractivity contribution in [2.45, 2.75) is 12.5 Å². The van der Waals surface area contributed by atoms with Crippen LogP contribution in [-0.4, -0.2) is 43.5 Å². The van der Waals surface area contributed by atoms with Crippen LogP contribution >= 0.6 is 11.8 Å². The maximum atomic E-state index is 12.3. The minimum Gasteiger partial charge on any atom is -0.468 e. The molecule has 122 valence electrons. The molecule has 0 saturated carbocycles. The standard InChI is InChI=1S/C18H21NO3S/c1-22-18(21)16(12-23-2)19-10-9-17(20)15-8-7-13-5-3-4-6-14(13)11-15/h3-8,11,16,19H,9-10,12H2,1-2H3. The van der Waals surface area contributed by atoms with Crippen LogP contribution in [0, 0.1) is 0 Å². The zero-order valence-electron chi connectivity index (χ0n) is 13.4. The fourth-order valence-corrected chi connectivity index (χ4v) is 2.97. The third-order valence-electron chi connectivity index (χ3n) is 3.63. The van der Waals surface area contributed by atoms with E-state index in [4.69, 9.17) is 4.74 Å². The Morgan fingerprint density at radius 3 is 2.61 bits per heavy atom. The van der Waals surface area contributed by atoms with Crippen LogP contribution in [0.1, 0.15) is 16.8 Å². The zero-order valence-corrected chi connectivity index (χ0v) is 14.2. The molecule has 0 aliphatic rings. The number of thioether (sulfide) groups is 1. The summed E-state index contributed by atoms with van der Waals surface area (Å²) in [6.45, 7) is 0.450. The number of esters is 1. The zero-order chi connectivity index (χ0) is 16.7. The van der Waals surface area contributed by atoms with Crippen LogP contribution in [0.3, 0.4) is 0 Å². The van der Waals surface area contributed by atoms with Gasteiger partial charge in [0.15, 0.2) is 5.78 Å². The molecule has 2 aromatic carbocycles. The number of hydrogen-bond donors (Lipinski definition) is 1. The Balaban J connectivity index is 1.94. The van der Waals surface area contributed by atoms with Gasteiger partial charge < -0.3 is 10.1 Å². The number of hydrogen-bond acceptors (Lipinski definition) is 5. The highest BCUT2D eigenvalue weighted by atomic mass is 32.2. The number of benzene rings is 2. The van der Waals surface area contributed by atoms with Gasteiger partial charge in [0.25, 0.3) is 0 Å². The van der Waals surface area contributed by atoms with Crippen LogP contribution in [0.25, 0.3) is 10.8 Å². The van der Waals surface area contributed by atoms with Gasteiger partial charge in [0.05, 0.1) is 7.11 Å². The predicted molar refractivity (Wildman–Crippen MR) is 95.1 cm³/mol. The lowest BCUT2D eigenvalue weighted by molar-refractivity contribution is -0.142. The van der Waals surface area contributed by atoms with E-state index in [1.54, 1.807) is 11.8 Å². The van der Waals surface area contributed by atoms with Crippen molar-refractivity contribution in [3.63, 3.8) is 0 Å². The average molecular weight is 331 g/mol. The number of nitrogens with one attached hydrogen (secondary N) is 1. The maximum absolute atomic E-state index is 12.3. The first-order valence-corrected chi connectivity index (χ1v) is 8.87. The van der Waals surface area contributed by atoms with Gasteiger partial charge in [-0.3, -0.25) is 9.59 Å². The van der Waals surface area contributed by atoms with Gasteiger partial charge in [0.1, 0.15) is 6.04 Å². The Labute approximate surface area is 140 Å². The van der Waals surface area contributed by atoms with Gasteiger partial charge >= 0.3 is 5.97 Å². The Bertz CT molecular complexity index is 687. The van der Waals surface area contributed by atoms with E-state index in [0.717, 1.165) is 10.8 Å². The van der Waals surface area contributed by atoms with Gasteiger partial charge in [0, 0.05) is 24.3 Å². The summed E-state index contributed by atoms with van der Waals surface area (Å²) in [5, 5.41) is 5.27. The van der Waals surface area contributed by atoms with E-state index in [1.807, 2.05) is 48.7 Å². The summed E-state index contributed by atoms with van der Waals surface area (Å²) in [6, 6.07) is 13.3. The van der Waals surface area contributed by atoms with Crippen molar-refractivity contribution in [3.05, 3.63) is 48.0 Å². The van der Waals surface area contributed by atoms with Gasteiger partial charge in [-0.25, -0.2) is 0 Å². The van der Waals surface area contributed by atoms with Crippen molar-refractivity contribution in [1.82, 2.24) is 5.32 Å². The second-order valence-corrected chi connectivity index (χ2v) is 6.13. The third kappa shape index (κ3) is 4.81. The van der Waals surface area contributed by atoms with Crippen molar-refractivity contribution in [2.75, 3.05) is 25.7 Å². The van der Waals surface area contributed by atoms with Crippen LogP contribution in [0.2, 0.25) is 0 Å². The number of methoxy groups -OCH3 is 1. The number of rotatable bonds is 8. The maximum Gasteiger partial charge on any atom is 0.323 e. The van der Waals surface area contributed by atoms with Crippen molar-refractivity contribution in [3.8, 4) is 0 Å². The molecule has 1 unspecified atom stereocenters. The van der Waals surface area contributed by atoms with Gasteiger partial charge in [-0.05, 0) is 23.1 Å². The fraction of sp³-hybridized carbons (Fsp3) is 0.333. The molecule has 1 N–H and O–H groups in total. The topological polar surface area (TPSA) is 55.4 Å². The summed E-state index contributed by atoms with van der Waals surface area (Å²) in [5.41, 5.74) is 0.699. The number of carbonyl (C=O) groups is 2. The monoisotopic (exact) mass is 331 g/mol. The van der Waals surface area contributed by atoms with Crippen molar-refractivity contribution < 1.29 is 14.3 Å². The minimum absolute atomic E-state index is 0.0658. The van der Waals surface area contributed by atoms with Gasteiger partial charge in [-0.1, -0.05) is 36.4 Å². The van der Waals surface area contributed by atoms with Crippen molar-refractivity contribution in [2.24, 2.45) is 0 Å². The average Bonchev–Trinajstić information content (AvgIpc) is 2.59. The molecule has 23 heavy (non-hydrogen) atoms. The first-order chi connectivity index (χ1) is 11.2. The molecule has 0 heterocycles. The quantitative estimate of drug-likeness (QED) is 0.595. The molecule has 0 aromatic heterocycles. The molecule has 0 bridgehead atoms. The molecular weight excluding hydrogens is 310 g/mol. The number of ether oxygens (including phenoxy) is 1. The Kier molecular flexibility index (Phi) is 6.62. The summed E-state index contributed by atoms with van der Waals surface area (Å²) in [7, 11) is 1.37. The van der Waals surface area contributed by atoms with E-state index in [-0.39, 0.29) is 17.8 Å². The largest absolute Gasteiger partial charge is 0.468 e. The highest BCUT2D eigenvalue weighted by Crippen LogP contribution is 2.16. The van der Waals surface area contributed by atoms with E-state index in [1.165, 1.54) is 7.11 Å². The van der Waals surface area contributed by atoms with Crippen LogP contribution in [0.5, 0.6) is 0 Å². The molecule has 0 fully saturated rings. The molecule has 2 rings (SSSR count). The molecule has 0 aliphatic carbocycles. The lowest BCUT2D eigenvalue weighted by Gasteiger charge is -2.15. The first-order valence-electron chi connectivity index (χ1n) is 7.48. The molecule has 5 heteroatoms. The van der Waals surface area contributed by atoms with E-state index in [9.17, 15) is 9.59 Å². The van der Waals surface area contributed by atoms with Crippen LogP contribution in [-0.2, 0) is 9.53 Å². The second kappa shape index (κ2) is 8.70. The third-order valence-corrected chi connectivity index (χ3v) is 4.30. The van der Waals surface area contributed by atoms with Crippen LogP contribution < -0.4 is 5.32 Å². The smallest absolute Gasteiger partial charge is 0.323 e. The summed E-state index contributed by atoms with van der Waals surface area (Å²) >= 11 is 1.56. The Morgan fingerprint density at radius 1 is 1.17 bits per heavy atom.